The number of nitrogens with zero attached hydrogens (tertiary/aromatic N) is 2. The van der Waals surface area contributed by atoms with Gasteiger partial charge in [0.2, 0.25) is 0 Å². The van der Waals surface area contributed by atoms with Crippen molar-refractivity contribution in [2.24, 2.45) is 0 Å². The molecule has 4 rings (SSSR count). The summed E-state index contributed by atoms with van der Waals surface area (Å²) in [5, 5.41) is 14.9. The van der Waals surface area contributed by atoms with Gasteiger partial charge in [0.1, 0.15) is 6.61 Å². The van der Waals surface area contributed by atoms with E-state index in [1.807, 2.05) is 18.2 Å². The number of hydrogen-bond acceptors (Lipinski definition) is 8. The van der Waals surface area contributed by atoms with E-state index < -0.39 is 4.92 Å². The van der Waals surface area contributed by atoms with Crippen LogP contribution in [0.5, 0.6) is 11.5 Å². The molecule has 0 saturated carbocycles. The lowest BCUT2D eigenvalue weighted by atomic mass is 10.2. The van der Waals surface area contributed by atoms with Gasteiger partial charge in [-0.1, -0.05) is 17.4 Å². The molecule has 0 radical (unpaired) electrons. The van der Waals surface area contributed by atoms with E-state index in [1.54, 1.807) is 19.2 Å². The average Bonchev–Trinajstić information content (AvgIpc) is 3.39. The highest BCUT2D eigenvalue weighted by atomic mass is 32.1. The van der Waals surface area contributed by atoms with Crippen LogP contribution in [0.4, 0.5) is 10.8 Å². The summed E-state index contributed by atoms with van der Waals surface area (Å²) in [7, 11) is 1.62. The Labute approximate surface area is 171 Å². The lowest BCUT2D eigenvalue weighted by molar-refractivity contribution is -0.384. The highest BCUT2D eigenvalue weighted by molar-refractivity contribution is 7.22. The zero-order valence-electron chi connectivity index (χ0n) is 15.9. The molecule has 1 unspecified atom stereocenters. The highest BCUT2D eigenvalue weighted by Gasteiger charge is 2.17. The average molecular weight is 415 g/mol. The smallest absolute Gasteiger partial charge is 0.270 e. The molecule has 0 bridgehead atoms. The molecule has 0 spiro atoms. The fourth-order valence-corrected chi connectivity index (χ4v) is 4.07. The van der Waals surface area contributed by atoms with Crippen LogP contribution < -0.4 is 14.8 Å². The normalized spacial score (nSPS) is 16.1. The maximum absolute atomic E-state index is 10.9. The first-order chi connectivity index (χ1) is 14.1. The number of nitro benzene ring substituents is 1. The molecule has 29 heavy (non-hydrogen) atoms. The quantitative estimate of drug-likeness (QED) is 0.431. The van der Waals surface area contributed by atoms with Gasteiger partial charge in [-0.05, 0) is 36.6 Å². The number of methoxy groups -OCH3 is 1. The van der Waals surface area contributed by atoms with Gasteiger partial charge in [-0.25, -0.2) is 4.98 Å². The Balaban J connectivity index is 1.41. The number of hydrogen-bond donors (Lipinski definition) is 1. The highest BCUT2D eigenvalue weighted by Crippen LogP contribution is 2.31. The summed E-state index contributed by atoms with van der Waals surface area (Å²) >= 11 is 1.39. The molecule has 0 amide bonds. The maximum Gasteiger partial charge on any atom is 0.270 e. The van der Waals surface area contributed by atoms with Gasteiger partial charge in [-0.15, -0.1) is 0 Å². The third kappa shape index (κ3) is 4.57. The van der Waals surface area contributed by atoms with E-state index in [4.69, 9.17) is 14.2 Å². The molecule has 1 saturated heterocycles. The van der Waals surface area contributed by atoms with E-state index in [0.29, 0.717) is 29.8 Å². The van der Waals surface area contributed by atoms with Crippen LogP contribution in [-0.4, -0.2) is 36.3 Å². The summed E-state index contributed by atoms with van der Waals surface area (Å²) in [6.45, 7) is 1.87. The van der Waals surface area contributed by atoms with Crippen molar-refractivity contribution in [3.05, 3.63) is 52.1 Å². The van der Waals surface area contributed by atoms with Crippen molar-refractivity contribution in [2.45, 2.75) is 25.5 Å². The second-order valence-electron chi connectivity index (χ2n) is 6.71. The van der Waals surface area contributed by atoms with Gasteiger partial charge in [-0.2, -0.15) is 0 Å². The van der Waals surface area contributed by atoms with Crippen LogP contribution in [0.1, 0.15) is 18.4 Å². The van der Waals surface area contributed by atoms with Gasteiger partial charge in [0.15, 0.2) is 16.6 Å². The van der Waals surface area contributed by atoms with Crippen molar-refractivity contribution < 1.29 is 19.1 Å². The summed E-state index contributed by atoms with van der Waals surface area (Å²) in [6.07, 6.45) is 2.25. The number of rotatable bonds is 8. The number of benzene rings is 2. The lowest BCUT2D eigenvalue weighted by Gasteiger charge is -2.15. The minimum Gasteiger partial charge on any atom is -0.493 e. The summed E-state index contributed by atoms with van der Waals surface area (Å²) in [5.41, 5.74) is 1.81. The molecule has 9 heteroatoms. The number of thiazole rings is 1. The molecule has 1 N–H and O–H groups in total. The van der Waals surface area contributed by atoms with Gasteiger partial charge < -0.3 is 19.5 Å². The Kier molecular flexibility index (Phi) is 5.77. The fraction of sp³-hybridized carbons (Fsp3) is 0.350. The molecular formula is C20H21N3O5S. The van der Waals surface area contributed by atoms with Crippen molar-refractivity contribution in [1.29, 1.82) is 0 Å². The van der Waals surface area contributed by atoms with Crippen molar-refractivity contribution in [1.82, 2.24) is 4.98 Å². The topological polar surface area (TPSA) is 95.8 Å². The molecule has 0 aliphatic carbocycles. The van der Waals surface area contributed by atoms with Crippen LogP contribution in [0.3, 0.4) is 0 Å². The Morgan fingerprint density at radius 3 is 2.97 bits per heavy atom. The van der Waals surface area contributed by atoms with Crippen molar-refractivity contribution in [3.63, 3.8) is 0 Å². The number of ether oxygens (including phenoxy) is 3. The number of aromatic nitrogens is 1. The summed E-state index contributed by atoms with van der Waals surface area (Å²) in [5.74, 6) is 1.36. The SMILES string of the molecule is COc1cc(CNc2nc3ccc([N+](=O)[O-])cc3s2)ccc1OCC1CCCO1. The molecule has 1 fully saturated rings. The van der Waals surface area contributed by atoms with Gasteiger partial charge in [-0.3, -0.25) is 10.1 Å². The minimum atomic E-state index is -0.402. The molecule has 1 atom stereocenters. The number of nitrogens with one attached hydrogen (secondary N) is 1. The second-order valence-corrected chi connectivity index (χ2v) is 7.74. The van der Waals surface area contributed by atoms with Crippen molar-refractivity contribution >= 4 is 32.4 Å². The minimum absolute atomic E-state index is 0.0658. The van der Waals surface area contributed by atoms with Crippen LogP contribution in [-0.2, 0) is 11.3 Å². The van der Waals surface area contributed by atoms with E-state index in [9.17, 15) is 10.1 Å². The predicted molar refractivity (Wildman–Crippen MR) is 111 cm³/mol. The third-order valence-corrected chi connectivity index (χ3v) is 5.68. The summed E-state index contributed by atoms with van der Waals surface area (Å²) in [6, 6.07) is 10.5. The monoisotopic (exact) mass is 415 g/mol. The van der Waals surface area contributed by atoms with Crippen LogP contribution >= 0.6 is 11.3 Å². The summed E-state index contributed by atoms with van der Waals surface area (Å²) < 4.78 is 17.7. The fourth-order valence-electron chi connectivity index (χ4n) is 3.18. The number of anilines is 1. The Morgan fingerprint density at radius 2 is 2.21 bits per heavy atom. The van der Waals surface area contributed by atoms with E-state index in [2.05, 4.69) is 10.3 Å². The van der Waals surface area contributed by atoms with Crippen LogP contribution in [0.2, 0.25) is 0 Å². The molecule has 1 aliphatic heterocycles. The van der Waals surface area contributed by atoms with Crippen LogP contribution in [0.15, 0.2) is 36.4 Å². The summed E-state index contributed by atoms with van der Waals surface area (Å²) in [4.78, 5) is 15.0. The van der Waals surface area contributed by atoms with E-state index in [-0.39, 0.29) is 11.8 Å². The van der Waals surface area contributed by atoms with Gasteiger partial charge in [0.05, 0.1) is 28.4 Å². The first-order valence-electron chi connectivity index (χ1n) is 9.32. The standard InChI is InChI=1S/C20H21N3O5S/c1-26-18-9-13(4-7-17(18)28-12-15-3-2-8-27-15)11-21-20-22-16-6-5-14(23(24)25)10-19(16)29-20/h4-7,9-10,15H,2-3,8,11-12H2,1H3,(H,21,22). The Hall–Kier alpha value is -2.91. The number of fused-ring (bicyclic) bond motifs is 1. The first kappa shape index (κ1) is 19.4. The molecule has 8 nitrogen and oxygen atoms in total. The molecule has 2 aromatic carbocycles. The van der Waals surface area contributed by atoms with Gasteiger partial charge >= 0.3 is 0 Å². The zero-order valence-corrected chi connectivity index (χ0v) is 16.7. The molecule has 3 aromatic rings. The first-order valence-corrected chi connectivity index (χ1v) is 10.1. The predicted octanol–water partition coefficient (Wildman–Crippen LogP) is 4.38. The zero-order chi connectivity index (χ0) is 20.2. The third-order valence-electron chi connectivity index (χ3n) is 4.70. The lowest BCUT2D eigenvalue weighted by Crippen LogP contribution is -2.16. The maximum atomic E-state index is 10.9. The number of non-ortho nitro benzene ring substituents is 1. The van der Waals surface area contributed by atoms with Crippen LogP contribution in [0, 0.1) is 10.1 Å². The van der Waals surface area contributed by atoms with Crippen molar-refractivity contribution in [2.75, 3.05) is 25.6 Å². The van der Waals surface area contributed by atoms with E-state index >= 15 is 0 Å². The van der Waals surface area contributed by atoms with E-state index in [0.717, 1.165) is 35.2 Å². The molecule has 2 heterocycles. The molecular weight excluding hydrogens is 394 g/mol. The van der Waals surface area contributed by atoms with Crippen LogP contribution in [0.25, 0.3) is 10.2 Å². The van der Waals surface area contributed by atoms with Gasteiger partial charge in [0, 0.05) is 25.3 Å². The van der Waals surface area contributed by atoms with Crippen molar-refractivity contribution in [3.8, 4) is 11.5 Å². The molecule has 1 aliphatic rings. The molecule has 152 valence electrons. The second kappa shape index (κ2) is 8.62. The van der Waals surface area contributed by atoms with E-state index in [1.165, 1.54) is 17.4 Å². The Morgan fingerprint density at radius 1 is 1.31 bits per heavy atom. The molecule has 1 aromatic heterocycles. The largest absolute Gasteiger partial charge is 0.493 e. The Bertz CT molecular complexity index is 1020. The van der Waals surface area contributed by atoms with Gasteiger partial charge in [0.25, 0.3) is 5.69 Å². The number of nitro groups is 1.